The molecule has 4 nitrogen and oxygen atoms in total. The smallest absolute Gasteiger partial charge is 0.223 e. The van der Waals surface area contributed by atoms with E-state index < -0.39 is 0 Å². The van der Waals surface area contributed by atoms with Gasteiger partial charge in [0.05, 0.1) is 6.10 Å². The fraction of sp³-hybridized carbons (Fsp3) is 0.917. The van der Waals surface area contributed by atoms with Crippen LogP contribution in [0.5, 0.6) is 0 Å². The van der Waals surface area contributed by atoms with Crippen molar-refractivity contribution in [3.05, 3.63) is 0 Å². The quantitative estimate of drug-likeness (QED) is 0.696. The van der Waals surface area contributed by atoms with Crippen LogP contribution < -0.4 is 10.6 Å². The lowest BCUT2D eigenvalue weighted by atomic mass is 9.92. The van der Waals surface area contributed by atoms with E-state index in [-0.39, 0.29) is 30.3 Å². The Balaban J connectivity index is 0.00000256. The Morgan fingerprint density at radius 2 is 2.29 bits per heavy atom. The zero-order valence-corrected chi connectivity index (χ0v) is 11.6. The fourth-order valence-electron chi connectivity index (χ4n) is 2.08. The van der Waals surface area contributed by atoms with Crippen molar-refractivity contribution in [1.29, 1.82) is 0 Å². The minimum absolute atomic E-state index is 0. The van der Waals surface area contributed by atoms with Crippen LogP contribution in [-0.2, 0) is 4.79 Å². The molecule has 3 N–H and O–H groups in total. The second-order valence-corrected chi connectivity index (χ2v) is 4.72. The molecule has 0 aliphatic carbocycles. The van der Waals surface area contributed by atoms with Crippen LogP contribution in [0.25, 0.3) is 0 Å². The van der Waals surface area contributed by atoms with Crippen LogP contribution in [-0.4, -0.2) is 36.2 Å². The summed E-state index contributed by atoms with van der Waals surface area (Å²) in [5.41, 5.74) is 0. The second kappa shape index (κ2) is 8.72. The number of nitrogens with one attached hydrogen (secondary N) is 2. The van der Waals surface area contributed by atoms with Gasteiger partial charge in [-0.3, -0.25) is 4.79 Å². The van der Waals surface area contributed by atoms with E-state index in [1.165, 1.54) is 0 Å². The molecule has 1 fully saturated rings. The monoisotopic (exact) mass is 264 g/mol. The van der Waals surface area contributed by atoms with Gasteiger partial charge in [0.1, 0.15) is 0 Å². The molecule has 1 rings (SSSR count). The lowest BCUT2D eigenvalue weighted by Crippen LogP contribution is -2.42. The number of hydrogen-bond donors (Lipinski definition) is 3. The van der Waals surface area contributed by atoms with E-state index in [1.54, 1.807) is 0 Å². The van der Waals surface area contributed by atoms with E-state index in [9.17, 15) is 9.90 Å². The maximum atomic E-state index is 11.8. The summed E-state index contributed by atoms with van der Waals surface area (Å²) in [6.45, 7) is 5.57. The van der Waals surface area contributed by atoms with Crippen molar-refractivity contribution < 1.29 is 9.90 Å². The molecule has 1 amide bonds. The van der Waals surface area contributed by atoms with Gasteiger partial charge in [-0.1, -0.05) is 6.92 Å². The highest BCUT2D eigenvalue weighted by Crippen LogP contribution is 2.15. The molecule has 1 aliphatic rings. The highest BCUT2D eigenvalue weighted by molar-refractivity contribution is 5.85. The summed E-state index contributed by atoms with van der Waals surface area (Å²) in [6, 6.07) is 0.436. The Labute approximate surface area is 110 Å². The second-order valence-electron chi connectivity index (χ2n) is 4.72. The van der Waals surface area contributed by atoms with Crippen molar-refractivity contribution in [3.63, 3.8) is 0 Å². The summed E-state index contributed by atoms with van der Waals surface area (Å²) >= 11 is 0. The molecular formula is C12H25ClN2O2. The molecule has 17 heavy (non-hydrogen) atoms. The first-order valence-electron chi connectivity index (χ1n) is 6.32. The van der Waals surface area contributed by atoms with Gasteiger partial charge in [0.2, 0.25) is 5.91 Å². The normalized spacial score (nSPS) is 25.8. The standard InChI is InChI=1S/C12H24N2O2.ClH/c1-3-11(15)5-7-14-12(16)10-4-6-13-9(2)8-10;/h9-11,13,15H,3-8H2,1-2H3,(H,14,16);1H/t9-,10-,11?;/m0./s1. The molecule has 1 saturated heterocycles. The maximum absolute atomic E-state index is 11.8. The SMILES string of the molecule is CCC(O)CCNC(=O)[C@H]1CCN[C@@H](C)C1.Cl. The highest BCUT2D eigenvalue weighted by atomic mass is 35.5. The topological polar surface area (TPSA) is 61.4 Å². The van der Waals surface area contributed by atoms with E-state index in [0.29, 0.717) is 19.0 Å². The first-order valence-corrected chi connectivity index (χ1v) is 6.32. The number of piperidine rings is 1. The zero-order chi connectivity index (χ0) is 12.0. The number of rotatable bonds is 5. The number of amides is 1. The fourth-order valence-corrected chi connectivity index (χ4v) is 2.08. The lowest BCUT2D eigenvalue weighted by molar-refractivity contribution is -0.126. The predicted octanol–water partition coefficient (Wildman–Crippen LogP) is 1.07. The minimum atomic E-state index is -0.285. The average molecular weight is 265 g/mol. The van der Waals surface area contributed by atoms with Crippen molar-refractivity contribution in [1.82, 2.24) is 10.6 Å². The Hall–Kier alpha value is -0.320. The Kier molecular flexibility index (Phi) is 8.56. The van der Waals surface area contributed by atoms with Crippen LogP contribution in [0.15, 0.2) is 0 Å². The minimum Gasteiger partial charge on any atom is -0.393 e. The number of aliphatic hydroxyl groups excluding tert-OH is 1. The first kappa shape index (κ1) is 16.7. The lowest BCUT2D eigenvalue weighted by Gasteiger charge is -2.27. The molecule has 0 bridgehead atoms. The molecule has 0 aromatic carbocycles. The number of carbonyl (C=O) groups excluding carboxylic acids is 1. The van der Waals surface area contributed by atoms with E-state index in [0.717, 1.165) is 25.8 Å². The maximum Gasteiger partial charge on any atom is 0.223 e. The van der Waals surface area contributed by atoms with E-state index in [1.807, 2.05) is 6.92 Å². The third kappa shape index (κ3) is 6.24. The molecule has 0 spiro atoms. The molecule has 0 saturated carbocycles. The van der Waals surface area contributed by atoms with Gasteiger partial charge in [-0.2, -0.15) is 0 Å². The predicted molar refractivity (Wildman–Crippen MR) is 71.4 cm³/mol. The third-order valence-corrected chi connectivity index (χ3v) is 3.24. The highest BCUT2D eigenvalue weighted by Gasteiger charge is 2.24. The molecule has 5 heteroatoms. The first-order chi connectivity index (χ1) is 7.63. The van der Waals surface area contributed by atoms with Crippen molar-refractivity contribution in [3.8, 4) is 0 Å². The van der Waals surface area contributed by atoms with Gasteiger partial charge in [-0.15, -0.1) is 12.4 Å². The Morgan fingerprint density at radius 3 is 2.88 bits per heavy atom. The summed E-state index contributed by atoms with van der Waals surface area (Å²) in [7, 11) is 0. The average Bonchev–Trinajstić information content (AvgIpc) is 2.28. The van der Waals surface area contributed by atoms with Gasteiger partial charge in [0.15, 0.2) is 0 Å². The molecule has 1 unspecified atom stereocenters. The van der Waals surface area contributed by atoms with Crippen LogP contribution >= 0.6 is 12.4 Å². The van der Waals surface area contributed by atoms with Crippen molar-refractivity contribution in [2.45, 2.75) is 51.7 Å². The third-order valence-electron chi connectivity index (χ3n) is 3.24. The Morgan fingerprint density at radius 1 is 1.59 bits per heavy atom. The van der Waals surface area contributed by atoms with Crippen LogP contribution in [0.3, 0.4) is 0 Å². The van der Waals surface area contributed by atoms with E-state index in [4.69, 9.17) is 0 Å². The van der Waals surface area contributed by atoms with Crippen LogP contribution in [0, 0.1) is 5.92 Å². The van der Waals surface area contributed by atoms with Gasteiger partial charge in [-0.25, -0.2) is 0 Å². The number of halogens is 1. The number of aliphatic hydroxyl groups is 1. The van der Waals surface area contributed by atoms with Gasteiger partial charge < -0.3 is 15.7 Å². The van der Waals surface area contributed by atoms with Crippen LogP contribution in [0.2, 0.25) is 0 Å². The molecule has 102 valence electrons. The molecule has 1 aliphatic heterocycles. The van der Waals surface area contributed by atoms with Crippen molar-refractivity contribution in [2.75, 3.05) is 13.1 Å². The van der Waals surface area contributed by atoms with Gasteiger partial charge >= 0.3 is 0 Å². The molecule has 0 radical (unpaired) electrons. The summed E-state index contributed by atoms with van der Waals surface area (Å²) in [6.07, 6.45) is 2.96. The molecule has 1 heterocycles. The molecule has 0 aromatic rings. The summed E-state index contributed by atoms with van der Waals surface area (Å²) in [5.74, 6) is 0.298. The molecule has 3 atom stereocenters. The van der Waals surface area contributed by atoms with Crippen LogP contribution in [0.4, 0.5) is 0 Å². The number of hydrogen-bond acceptors (Lipinski definition) is 3. The van der Waals surface area contributed by atoms with Gasteiger partial charge in [0.25, 0.3) is 0 Å². The van der Waals surface area contributed by atoms with Gasteiger partial charge in [-0.05, 0) is 39.2 Å². The summed E-state index contributed by atoms with van der Waals surface area (Å²) in [5, 5.41) is 15.6. The largest absolute Gasteiger partial charge is 0.393 e. The van der Waals surface area contributed by atoms with Crippen molar-refractivity contribution in [2.24, 2.45) is 5.92 Å². The summed E-state index contributed by atoms with van der Waals surface area (Å²) in [4.78, 5) is 11.8. The summed E-state index contributed by atoms with van der Waals surface area (Å²) < 4.78 is 0. The van der Waals surface area contributed by atoms with E-state index >= 15 is 0 Å². The zero-order valence-electron chi connectivity index (χ0n) is 10.7. The van der Waals surface area contributed by atoms with Crippen LogP contribution in [0.1, 0.15) is 39.5 Å². The molecule has 0 aromatic heterocycles. The van der Waals surface area contributed by atoms with Crippen molar-refractivity contribution >= 4 is 18.3 Å². The van der Waals surface area contributed by atoms with Gasteiger partial charge in [0, 0.05) is 18.5 Å². The Bertz CT molecular complexity index is 227. The number of carbonyl (C=O) groups is 1. The van der Waals surface area contributed by atoms with E-state index in [2.05, 4.69) is 17.6 Å². The molecular weight excluding hydrogens is 240 g/mol.